The third-order valence-electron chi connectivity index (χ3n) is 2.64. The van der Waals surface area contributed by atoms with Crippen molar-refractivity contribution in [2.45, 2.75) is 0 Å². The van der Waals surface area contributed by atoms with Gasteiger partial charge in [-0.25, -0.2) is 9.89 Å². The number of hydrogen-bond donors (Lipinski definition) is 3. The van der Waals surface area contributed by atoms with E-state index in [1.165, 1.54) is 38.5 Å². The van der Waals surface area contributed by atoms with Gasteiger partial charge in [0.2, 0.25) is 0 Å². The van der Waals surface area contributed by atoms with Crippen molar-refractivity contribution in [1.82, 2.24) is 10.2 Å². The van der Waals surface area contributed by atoms with Gasteiger partial charge in [-0.1, -0.05) is 11.6 Å². The van der Waals surface area contributed by atoms with Gasteiger partial charge in [-0.3, -0.25) is 10.1 Å². The Morgan fingerprint density at radius 3 is 2.50 bits per heavy atom. The predicted molar refractivity (Wildman–Crippen MR) is 82.1 cm³/mol. The third kappa shape index (κ3) is 3.67. The van der Waals surface area contributed by atoms with Crippen LogP contribution in [0.2, 0.25) is 5.02 Å². The smallest absolute Gasteiger partial charge is 0.325 e. The first-order valence-electron chi connectivity index (χ1n) is 6.08. The number of nitrogens with zero attached hydrogens (tertiary/aromatic N) is 1. The van der Waals surface area contributed by atoms with Gasteiger partial charge in [0.15, 0.2) is 5.82 Å². The molecule has 1 aromatic heterocycles. The molecule has 22 heavy (non-hydrogen) atoms. The second kappa shape index (κ2) is 6.81. The molecule has 0 aliphatic carbocycles. The maximum Gasteiger partial charge on any atom is 0.325 e. The van der Waals surface area contributed by atoms with Gasteiger partial charge in [-0.05, 0) is 6.07 Å². The third-order valence-corrected chi connectivity index (χ3v) is 2.94. The van der Waals surface area contributed by atoms with Crippen molar-refractivity contribution < 1.29 is 14.3 Å². The molecule has 0 saturated carbocycles. The first-order chi connectivity index (χ1) is 10.5. The van der Waals surface area contributed by atoms with E-state index in [4.69, 9.17) is 21.1 Å². The number of nitrogens with one attached hydrogen (secondary N) is 3. The van der Waals surface area contributed by atoms with E-state index in [0.29, 0.717) is 22.2 Å². The molecule has 0 radical (unpaired) electrons. The maximum absolute atomic E-state index is 11.9. The van der Waals surface area contributed by atoms with E-state index in [-0.39, 0.29) is 11.4 Å². The summed E-state index contributed by atoms with van der Waals surface area (Å²) in [5.74, 6) is 0.951. The summed E-state index contributed by atoms with van der Waals surface area (Å²) in [6.07, 6.45) is 0. The number of rotatable bonds is 4. The molecule has 0 spiro atoms. The zero-order chi connectivity index (χ0) is 16.1. The molecular formula is C13H13ClN4O4. The lowest BCUT2D eigenvalue weighted by molar-refractivity contribution is 0.262. The quantitative estimate of drug-likeness (QED) is 0.798. The van der Waals surface area contributed by atoms with Crippen LogP contribution in [0.15, 0.2) is 29.1 Å². The molecule has 9 heteroatoms. The van der Waals surface area contributed by atoms with E-state index in [1.54, 1.807) is 0 Å². The molecule has 2 amide bonds. The lowest BCUT2D eigenvalue weighted by atomic mass is 10.2. The Labute approximate surface area is 130 Å². The Kier molecular flexibility index (Phi) is 4.84. The summed E-state index contributed by atoms with van der Waals surface area (Å²) in [5, 5.41) is 11.3. The fraction of sp³-hybridized carbons (Fsp3) is 0.154. The lowest BCUT2D eigenvalue weighted by Crippen LogP contribution is -2.21. The molecule has 2 rings (SSSR count). The molecule has 0 fully saturated rings. The Morgan fingerprint density at radius 1 is 1.18 bits per heavy atom. The molecule has 0 aliphatic rings. The fourth-order valence-corrected chi connectivity index (χ4v) is 1.87. The first kappa shape index (κ1) is 15.6. The summed E-state index contributed by atoms with van der Waals surface area (Å²) in [6, 6.07) is 5.10. The highest BCUT2D eigenvalue weighted by atomic mass is 35.5. The summed E-state index contributed by atoms with van der Waals surface area (Å²) in [5.41, 5.74) is 0.000685. The highest BCUT2D eigenvalue weighted by Crippen LogP contribution is 2.35. The topological polar surface area (TPSA) is 105 Å². The number of halogens is 1. The van der Waals surface area contributed by atoms with Gasteiger partial charge < -0.3 is 14.8 Å². The van der Waals surface area contributed by atoms with Crippen molar-refractivity contribution in [2.75, 3.05) is 24.9 Å². The minimum absolute atomic E-state index is 0.192. The summed E-state index contributed by atoms with van der Waals surface area (Å²) >= 11 is 5.98. The van der Waals surface area contributed by atoms with Crippen LogP contribution in [-0.2, 0) is 0 Å². The number of H-pyrrole nitrogens is 1. The zero-order valence-corrected chi connectivity index (χ0v) is 12.5. The van der Waals surface area contributed by atoms with Crippen LogP contribution in [0.5, 0.6) is 11.5 Å². The van der Waals surface area contributed by atoms with E-state index < -0.39 is 6.03 Å². The van der Waals surface area contributed by atoms with Crippen LogP contribution in [0.25, 0.3) is 0 Å². The number of methoxy groups -OCH3 is 2. The predicted octanol–water partition coefficient (Wildman–Crippen LogP) is 2.08. The number of carbonyl (C=O) groups is 1. The molecular weight excluding hydrogens is 312 g/mol. The number of carbonyl (C=O) groups excluding carboxylic acids is 1. The molecule has 0 aliphatic heterocycles. The first-order valence-corrected chi connectivity index (χ1v) is 6.46. The van der Waals surface area contributed by atoms with Crippen molar-refractivity contribution in [1.29, 1.82) is 0 Å². The van der Waals surface area contributed by atoms with Crippen molar-refractivity contribution in [3.8, 4) is 11.5 Å². The number of aromatic amines is 1. The SMILES string of the molecule is COc1cc(NC(=O)Nc2ccc(=O)[nH]n2)c(OC)cc1Cl. The second-order valence-electron chi connectivity index (χ2n) is 4.07. The Morgan fingerprint density at radius 2 is 1.91 bits per heavy atom. The van der Waals surface area contributed by atoms with Crippen molar-refractivity contribution >= 4 is 29.1 Å². The Balaban J connectivity index is 2.16. The maximum atomic E-state index is 11.9. The molecule has 2 aromatic rings. The molecule has 0 saturated heterocycles. The van der Waals surface area contributed by atoms with Crippen LogP contribution in [0, 0.1) is 0 Å². The van der Waals surface area contributed by atoms with E-state index in [2.05, 4.69) is 20.8 Å². The number of urea groups is 1. The van der Waals surface area contributed by atoms with E-state index >= 15 is 0 Å². The Bertz CT molecular complexity index is 727. The summed E-state index contributed by atoms with van der Waals surface area (Å²) in [6.45, 7) is 0. The lowest BCUT2D eigenvalue weighted by Gasteiger charge is -2.13. The molecule has 3 N–H and O–H groups in total. The fourth-order valence-electron chi connectivity index (χ4n) is 1.64. The minimum atomic E-state index is -0.567. The number of benzene rings is 1. The second-order valence-corrected chi connectivity index (χ2v) is 4.48. The number of amides is 2. The van der Waals surface area contributed by atoms with Crippen LogP contribution < -0.4 is 25.7 Å². The number of aromatic nitrogens is 2. The summed E-state index contributed by atoms with van der Waals surface area (Å²) in [4.78, 5) is 22.8. The number of hydrogen-bond acceptors (Lipinski definition) is 5. The van der Waals surface area contributed by atoms with Gasteiger partial charge in [-0.2, -0.15) is 5.10 Å². The average Bonchev–Trinajstić information content (AvgIpc) is 2.50. The van der Waals surface area contributed by atoms with Crippen LogP contribution in [-0.4, -0.2) is 30.4 Å². The molecule has 0 unspecified atom stereocenters. The molecule has 0 bridgehead atoms. The van der Waals surface area contributed by atoms with Crippen LogP contribution in [0.4, 0.5) is 16.3 Å². The monoisotopic (exact) mass is 324 g/mol. The van der Waals surface area contributed by atoms with Gasteiger partial charge in [0, 0.05) is 18.2 Å². The molecule has 116 valence electrons. The van der Waals surface area contributed by atoms with Gasteiger partial charge in [0.05, 0.1) is 24.9 Å². The van der Waals surface area contributed by atoms with Crippen LogP contribution >= 0.6 is 11.6 Å². The van der Waals surface area contributed by atoms with Crippen molar-refractivity contribution in [3.63, 3.8) is 0 Å². The van der Waals surface area contributed by atoms with Crippen LogP contribution in [0.1, 0.15) is 0 Å². The highest BCUT2D eigenvalue weighted by Gasteiger charge is 2.13. The van der Waals surface area contributed by atoms with E-state index in [9.17, 15) is 9.59 Å². The minimum Gasteiger partial charge on any atom is -0.495 e. The molecule has 1 aromatic carbocycles. The van der Waals surface area contributed by atoms with Gasteiger partial charge in [-0.15, -0.1) is 0 Å². The molecule has 0 atom stereocenters. The molecule has 8 nitrogen and oxygen atoms in total. The van der Waals surface area contributed by atoms with Gasteiger partial charge >= 0.3 is 6.03 Å². The van der Waals surface area contributed by atoms with Crippen LogP contribution in [0.3, 0.4) is 0 Å². The number of ether oxygens (including phenoxy) is 2. The molecule has 1 heterocycles. The average molecular weight is 325 g/mol. The van der Waals surface area contributed by atoms with E-state index in [0.717, 1.165) is 0 Å². The number of anilines is 2. The normalized spacial score (nSPS) is 9.95. The highest BCUT2D eigenvalue weighted by molar-refractivity contribution is 6.32. The van der Waals surface area contributed by atoms with Crippen molar-refractivity contribution in [2.24, 2.45) is 0 Å². The van der Waals surface area contributed by atoms with Crippen molar-refractivity contribution in [3.05, 3.63) is 39.6 Å². The summed E-state index contributed by atoms with van der Waals surface area (Å²) in [7, 11) is 2.91. The standard InChI is InChI=1S/C13H13ClN4O4/c1-21-9-6-8(10(22-2)5-7(9)14)15-13(20)16-11-3-4-12(19)18-17-11/h3-6H,1-2H3,(H,18,19)(H2,15,16,17,20). The zero-order valence-electron chi connectivity index (χ0n) is 11.8. The Hall–Kier alpha value is -2.74. The van der Waals surface area contributed by atoms with Gasteiger partial charge in [0.25, 0.3) is 5.56 Å². The van der Waals surface area contributed by atoms with E-state index in [1.807, 2.05) is 0 Å². The largest absolute Gasteiger partial charge is 0.495 e. The summed E-state index contributed by atoms with van der Waals surface area (Å²) < 4.78 is 10.2. The van der Waals surface area contributed by atoms with Gasteiger partial charge in [0.1, 0.15) is 11.5 Å².